The van der Waals surface area contributed by atoms with Gasteiger partial charge in [-0.15, -0.1) is 23.4 Å². The zero-order chi connectivity index (χ0) is 10.2. The largest absolute Gasteiger partial charge is 0.125 e. The maximum Gasteiger partial charge on any atom is 0.0430 e. The monoisotopic (exact) mass is 228 g/mol. The smallest absolute Gasteiger partial charge is 0.0430 e. The fraction of sp³-hybridized carbons (Fsp3) is 0.500. The van der Waals surface area contributed by atoms with Crippen molar-refractivity contribution in [1.82, 2.24) is 0 Å². The molecular weight excluding hydrogens is 212 g/mol. The average Bonchev–Trinajstić information content (AvgIpc) is 2.25. The summed E-state index contributed by atoms with van der Waals surface area (Å²) < 4.78 is 0. The summed E-state index contributed by atoms with van der Waals surface area (Å²) in [5, 5.41) is 0.320. The summed E-state index contributed by atoms with van der Waals surface area (Å²) in [7, 11) is 0. The molecule has 2 heteroatoms. The third kappa shape index (κ3) is 4.92. The van der Waals surface area contributed by atoms with Crippen LogP contribution in [0.2, 0.25) is 0 Å². The van der Waals surface area contributed by atoms with Crippen molar-refractivity contribution in [3.8, 4) is 0 Å². The molecule has 0 heterocycles. The van der Waals surface area contributed by atoms with E-state index in [1.54, 1.807) is 0 Å². The van der Waals surface area contributed by atoms with Gasteiger partial charge in [0.25, 0.3) is 0 Å². The van der Waals surface area contributed by atoms with Crippen LogP contribution in [0.5, 0.6) is 0 Å². The normalized spacial score (nSPS) is 12.7. The van der Waals surface area contributed by atoms with Crippen molar-refractivity contribution in [2.75, 3.05) is 5.75 Å². The van der Waals surface area contributed by atoms with Gasteiger partial charge in [0, 0.05) is 16.0 Å². The molecule has 1 aromatic carbocycles. The Labute approximate surface area is 96.0 Å². The Balaban J connectivity index is 2.20. The van der Waals surface area contributed by atoms with Crippen LogP contribution >= 0.6 is 23.4 Å². The molecule has 1 aromatic rings. The van der Waals surface area contributed by atoms with E-state index in [2.05, 4.69) is 31.2 Å². The van der Waals surface area contributed by atoms with E-state index in [4.69, 9.17) is 11.6 Å². The Morgan fingerprint density at radius 3 is 2.64 bits per heavy atom. The topological polar surface area (TPSA) is 0 Å². The second-order valence-corrected chi connectivity index (χ2v) is 5.07. The summed E-state index contributed by atoms with van der Waals surface area (Å²) in [4.78, 5) is 1.31. The first-order valence-electron chi connectivity index (χ1n) is 5.15. The summed E-state index contributed by atoms with van der Waals surface area (Å²) in [6.45, 7) is 2.20. The quantitative estimate of drug-likeness (QED) is 0.508. The third-order valence-corrected chi connectivity index (χ3v) is 3.77. The summed E-state index contributed by atoms with van der Waals surface area (Å²) in [5.41, 5.74) is 0. The van der Waals surface area contributed by atoms with Crippen LogP contribution < -0.4 is 0 Å². The Morgan fingerprint density at radius 2 is 2.00 bits per heavy atom. The standard InChI is InChI=1S/C12H17ClS/c1-2-3-7-11(13)10-14-12-8-5-4-6-9-12/h4-6,8-9,11H,2-3,7,10H2,1H3. The highest BCUT2D eigenvalue weighted by atomic mass is 35.5. The Morgan fingerprint density at radius 1 is 1.29 bits per heavy atom. The summed E-state index contributed by atoms with van der Waals surface area (Å²) in [6.07, 6.45) is 3.61. The molecule has 0 amide bonds. The molecular formula is C12H17ClS. The number of halogens is 1. The predicted octanol–water partition coefficient (Wildman–Crippen LogP) is 4.58. The van der Waals surface area contributed by atoms with Gasteiger partial charge in [-0.05, 0) is 18.6 Å². The number of hydrogen-bond donors (Lipinski definition) is 0. The third-order valence-electron chi connectivity index (χ3n) is 2.04. The van der Waals surface area contributed by atoms with E-state index in [0.717, 1.165) is 12.2 Å². The molecule has 1 rings (SSSR count). The fourth-order valence-corrected chi connectivity index (χ4v) is 2.45. The molecule has 0 saturated heterocycles. The van der Waals surface area contributed by atoms with Crippen molar-refractivity contribution >= 4 is 23.4 Å². The zero-order valence-electron chi connectivity index (χ0n) is 8.58. The summed E-state index contributed by atoms with van der Waals surface area (Å²) >= 11 is 8.04. The summed E-state index contributed by atoms with van der Waals surface area (Å²) in [6, 6.07) is 10.4. The predicted molar refractivity (Wildman–Crippen MR) is 66.3 cm³/mol. The molecule has 0 saturated carbocycles. The number of hydrogen-bond acceptors (Lipinski definition) is 1. The van der Waals surface area contributed by atoms with Crippen LogP contribution in [0.3, 0.4) is 0 Å². The lowest BCUT2D eigenvalue weighted by atomic mass is 10.2. The van der Waals surface area contributed by atoms with Crippen molar-refractivity contribution in [2.24, 2.45) is 0 Å². The van der Waals surface area contributed by atoms with Crippen LogP contribution in [0.25, 0.3) is 0 Å². The molecule has 0 radical (unpaired) electrons. The lowest BCUT2D eigenvalue weighted by Gasteiger charge is -2.07. The molecule has 0 aliphatic rings. The number of alkyl halides is 1. The first-order valence-corrected chi connectivity index (χ1v) is 6.57. The average molecular weight is 229 g/mol. The van der Waals surface area contributed by atoms with Gasteiger partial charge in [0.05, 0.1) is 0 Å². The van der Waals surface area contributed by atoms with Crippen molar-refractivity contribution in [3.05, 3.63) is 30.3 Å². The minimum Gasteiger partial charge on any atom is -0.125 e. The van der Waals surface area contributed by atoms with E-state index >= 15 is 0 Å². The lowest BCUT2D eigenvalue weighted by molar-refractivity contribution is 0.712. The van der Waals surface area contributed by atoms with Gasteiger partial charge in [0.2, 0.25) is 0 Å². The molecule has 0 spiro atoms. The first-order chi connectivity index (χ1) is 6.83. The molecule has 78 valence electrons. The van der Waals surface area contributed by atoms with Gasteiger partial charge in [-0.25, -0.2) is 0 Å². The second-order valence-electron chi connectivity index (χ2n) is 3.36. The molecule has 0 aromatic heterocycles. The minimum absolute atomic E-state index is 0.320. The van der Waals surface area contributed by atoms with Crippen LogP contribution in [0, 0.1) is 0 Å². The first kappa shape index (κ1) is 11.9. The minimum atomic E-state index is 0.320. The number of thioether (sulfide) groups is 1. The van der Waals surface area contributed by atoms with E-state index in [-0.39, 0.29) is 0 Å². The van der Waals surface area contributed by atoms with Crippen molar-refractivity contribution in [1.29, 1.82) is 0 Å². The van der Waals surface area contributed by atoms with Gasteiger partial charge in [-0.2, -0.15) is 0 Å². The molecule has 0 fully saturated rings. The van der Waals surface area contributed by atoms with E-state index in [1.807, 2.05) is 17.8 Å². The van der Waals surface area contributed by atoms with E-state index in [0.29, 0.717) is 5.38 Å². The van der Waals surface area contributed by atoms with Crippen LogP contribution in [-0.2, 0) is 0 Å². The highest BCUT2D eigenvalue weighted by molar-refractivity contribution is 7.99. The number of unbranched alkanes of at least 4 members (excludes halogenated alkanes) is 1. The Hall–Kier alpha value is -0.140. The Kier molecular flexibility index (Phi) is 6.13. The van der Waals surface area contributed by atoms with Gasteiger partial charge < -0.3 is 0 Å². The van der Waals surface area contributed by atoms with E-state index in [9.17, 15) is 0 Å². The van der Waals surface area contributed by atoms with Gasteiger partial charge in [-0.3, -0.25) is 0 Å². The van der Waals surface area contributed by atoms with Gasteiger partial charge in [0.1, 0.15) is 0 Å². The van der Waals surface area contributed by atoms with E-state index in [1.165, 1.54) is 17.7 Å². The molecule has 0 nitrogen and oxygen atoms in total. The van der Waals surface area contributed by atoms with Crippen LogP contribution in [0.15, 0.2) is 35.2 Å². The van der Waals surface area contributed by atoms with Crippen molar-refractivity contribution in [2.45, 2.75) is 36.5 Å². The van der Waals surface area contributed by atoms with Crippen LogP contribution in [0.1, 0.15) is 26.2 Å². The van der Waals surface area contributed by atoms with E-state index < -0.39 is 0 Å². The highest BCUT2D eigenvalue weighted by Gasteiger charge is 2.04. The molecule has 1 unspecified atom stereocenters. The maximum atomic E-state index is 6.19. The second kappa shape index (κ2) is 7.19. The molecule has 0 bridgehead atoms. The SMILES string of the molecule is CCCCC(Cl)CSc1ccccc1. The van der Waals surface area contributed by atoms with Gasteiger partial charge in [-0.1, -0.05) is 38.0 Å². The molecule has 0 aliphatic heterocycles. The Bertz CT molecular complexity index is 235. The van der Waals surface area contributed by atoms with Crippen molar-refractivity contribution < 1.29 is 0 Å². The van der Waals surface area contributed by atoms with Gasteiger partial charge in [0.15, 0.2) is 0 Å². The van der Waals surface area contributed by atoms with Crippen molar-refractivity contribution in [3.63, 3.8) is 0 Å². The number of rotatable bonds is 6. The summed E-state index contributed by atoms with van der Waals surface area (Å²) in [5.74, 6) is 1.02. The van der Waals surface area contributed by atoms with Crippen LogP contribution in [-0.4, -0.2) is 11.1 Å². The molecule has 1 atom stereocenters. The number of benzene rings is 1. The van der Waals surface area contributed by atoms with Gasteiger partial charge >= 0.3 is 0 Å². The highest BCUT2D eigenvalue weighted by Crippen LogP contribution is 2.21. The molecule has 0 N–H and O–H groups in total. The fourth-order valence-electron chi connectivity index (χ4n) is 1.21. The molecule has 14 heavy (non-hydrogen) atoms. The van der Waals surface area contributed by atoms with Crippen LogP contribution in [0.4, 0.5) is 0 Å². The zero-order valence-corrected chi connectivity index (χ0v) is 10.2. The maximum absolute atomic E-state index is 6.19. The lowest BCUT2D eigenvalue weighted by Crippen LogP contribution is -2.01. The molecule has 0 aliphatic carbocycles.